The first-order valence-electron chi connectivity index (χ1n) is 27.6. The van der Waals surface area contributed by atoms with E-state index in [1.54, 1.807) is 60.7 Å². The Morgan fingerprint density at radius 1 is 0.351 bits per heavy atom. The van der Waals surface area contributed by atoms with E-state index < -0.39 is 126 Å². The summed E-state index contributed by atoms with van der Waals surface area (Å²) in [6.45, 7) is 0. The summed E-state index contributed by atoms with van der Waals surface area (Å²) in [5, 5.41) is -0.0185. The van der Waals surface area contributed by atoms with Crippen LogP contribution in [0.25, 0.3) is 106 Å². The molecule has 0 saturated heterocycles. The molecule has 0 aliphatic heterocycles. The van der Waals surface area contributed by atoms with E-state index in [9.17, 15) is 9.60 Å². The minimum Gasteiger partial charge on any atom is -0.309 e. The number of hydrogen-bond acceptors (Lipinski definition) is 3. The van der Waals surface area contributed by atoms with Gasteiger partial charge in [0.2, 0.25) is 5.95 Å². The maximum absolute atomic E-state index is 9.71. The monoisotopic (exact) mass is 748 g/mol. The van der Waals surface area contributed by atoms with Gasteiger partial charge in [0.25, 0.3) is 0 Å². The van der Waals surface area contributed by atoms with Crippen molar-refractivity contribution in [1.82, 2.24) is 28.7 Å². The zero-order chi connectivity index (χ0) is 54.9. The molecule has 57 heavy (non-hydrogen) atoms. The van der Waals surface area contributed by atoms with Crippen LogP contribution in [0.15, 0.2) is 194 Å². The van der Waals surface area contributed by atoms with Crippen molar-refractivity contribution < 1.29 is 27.4 Å². The maximum Gasteiger partial charge on any atom is 0.238 e. The number of benzene rings is 8. The summed E-state index contributed by atoms with van der Waals surface area (Å²) in [5.41, 5.74) is -0.365. The molecule has 0 spiro atoms. The summed E-state index contributed by atoms with van der Waals surface area (Å²) in [7, 11) is 0. The molecule has 266 valence electrons. The van der Waals surface area contributed by atoms with Crippen molar-refractivity contribution in [3.63, 3.8) is 0 Å². The van der Waals surface area contributed by atoms with Gasteiger partial charge in [0, 0.05) is 54.8 Å². The van der Waals surface area contributed by atoms with E-state index in [0.29, 0.717) is 27.4 Å². The Labute approximate surface area is 355 Å². The van der Waals surface area contributed by atoms with Gasteiger partial charge in [-0.2, -0.15) is 9.97 Å². The molecule has 0 N–H and O–H groups in total. The molecule has 0 atom stereocenters. The van der Waals surface area contributed by atoms with Gasteiger partial charge in [0.15, 0.2) is 11.6 Å². The fourth-order valence-corrected chi connectivity index (χ4v) is 7.61. The number of nitrogens with zero attached hydrogens (tertiary/aromatic N) is 6. The Morgan fingerprint density at radius 2 is 0.965 bits per heavy atom. The maximum atomic E-state index is 9.71. The molecule has 0 aliphatic carbocycles. The van der Waals surface area contributed by atoms with Crippen molar-refractivity contribution in [1.29, 1.82) is 0 Å². The van der Waals surface area contributed by atoms with E-state index in [1.807, 2.05) is 0 Å². The lowest BCUT2D eigenvalue weighted by molar-refractivity contribution is 0.953. The highest BCUT2D eigenvalue weighted by atomic mass is 15.2. The van der Waals surface area contributed by atoms with E-state index in [-0.39, 0.29) is 73.0 Å². The van der Waals surface area contributed by atoms with Gasteiger partial charge < -0.3 is 9.13 Å². The van der Waals surface area contributed by atoms with E-state index in [2.05, 4.69) is 0 Å². The molecule has 0 unspecified atom stereocenters. The second-order valence-corrected chi connectivity index (χ2v) is 13.0. The molecule has 0 fully saturated rings. The fraction of sp³-hybridized carbons (Fsp3) is 0. The van der Waals surface area contributed by atoms with Crippen LogP contribution in [0.5, 0.6) is 0 Å². The van der Waals surface area contributed by atoms with Crippen LogP contribution in [0.3, 0.4) is 0 Å². The topological polar surface area (TPSA) is 53.5 Å². The van der Waals surface area contributed by atoms with Crippen LogP contribution in [-0.2, 0) is 0 Å². The molecule has 12 rings (SSSR count). The van der Waals surface area contributed by atoms with Crippen molar-refractivity contribution in [3.8, 4) is 40.1 Å². The van der Waals surface area contributed by atoms with Crippen LogP contribution in [0.1, 0.15) is 27.4 Å². The highest BCUT2D eigenvalue weighted by Gasteiger charge is 2.24. The van der Waals surface area contributed by atoms with Crippen LogP contribution in [0, 0.1) is 0 Å². The first-order valence-corrected chi connectivity index (χ1v) is 17.6. The highest BCUT2D eigenvalue weighted by molar-refractivity contribution is 6.23. The van der Waals surface area contributed by atoms with Crippen molar-refractivity contribution in [2.75, 3.05) is 0 Å². The highest BCUT2D eigenvalue weighted by Crippen LogP contribution is 2.42. The van der Waals surface area contributed by atoms with Gasteiger partial charge in [0.05, 0.1) is 60.5 Å². The van der Waals surface area contributed by atoms with E-state index in [0.717, 1.165) is 4.57 Å². The number of fused-ring (bicyclic) bond motifs is 10. The Morgan fingerprint density at radius 3 is 1.74 bits per heavy atom. The number of rotatable bonds is 5. The zero-order valence-electron chi connectivity index (χ0n) is 49.1. The van der Waals surface area contributed by atoms with Crippen LogP contribution in [0.4, 0.5) is 0 Å². The van der Waals surface area contributed by atoms with Crippen LogP contribution in [-0.4, -0.2) is 28.7 Å². The Bertz CT molecular complexity index is 4640. The van der Waals surface area contributed by atoms with Gasteiger partial charge in [-0.1, -0.05) is 145 Å². The van der Waals surface area contributed by atoms with Crippen molar-refractivity contribution in [3.05, 3.63) is 194 Å². The number of hydrogen-bond donors (Lipinski definition) is 0. The molecular formula is C51H32N6. The van der Waals surface area contributed by atoms with E-state index in [1.165, 1.54) is 21.3 Å². The van der Waals surface area contributed by atoms with E-state index in [4.69, 9.17) is 32.8 Å². The van der Waals surface area contributed by atoms with Gasteiger partial charge in [-0.3, -0.25) is 4.57 Å². The van der Waals surface area contributed by atoms with Crippen LogP contribution >= 0.6 is 0 Å². The zero-order valence-corrected chi connectivity index (χ0v) is 29.1. The molecule has 6 nitrogen and oxygen atoms in total. The van der Waals surface area contributed by atoms with Gasteiger partial charge in [-0.15, -0.1) is 0 Å². The van der Waals surface area contributed by atoms with Gasteiger partial charge in [-0.05, 0) is 48.4 Å². The lowest BCUT2D eigenvalue weighted by Gasteiger charge is -2.13. The molecule has 4 aromatic heterocycles. The smallest absolute Gasteiger partial charge is 0.238 e. The molecule has 8 aromatic carbocycles. The molecule has 4 heterocycles. The SMILES string of the molecule is [2H]c1ccc2c(c1)c1ccc(-c3nc(-c4ccccc4)nc(-n4c5cc([2H])c([2H])c([2H])c5c5c([2H])c([2H])c6c7c([2H])c([2H])c([2H])c([2H])c7n(-c7c([2H])c([2H])c([2H])c([2H])c7[2H])c6c54)n3)cc1n2-c1c([2H])c([2H])c([2H])c([2H])c1[2H]. The minimum atomic E-state index is -0.805. The summed E-state index contributed by atoms with van der Waals surface area (Å²) in [6, 6.07) is 7.11. The molecule has 0 saturated carbocycles. The predicted molar refractivity (Wildman–Crippen MR) is 234 cm³/mol. The molecule has 0 aliphatic rings. The third-order valence-electron chi connectivity index (χ3n) is 9.96. The van der Waals surface area contributed by atoms with Crippen molar-refractivity contribution in [2.45, 2.75) is 0 Å². The van der Waals surface area contributed by atoms with Gasteiger partial charge in [0.1, 0.15) is 0 Å². The average Bonchev–Trinajstić information content (AvgIpc) is 3.79. The summed E-state index contributed by atoms with van der Waals surface area (Å²) in [5.74, 6) is -0.346. The van der Waals surface area contributed by atoms with Crippen LogP contribution < -0.4 is 0 Å². The minimum absolute atomic E-state index is 0.0187. The summed E-state index contributed by atoms with van der Waals surface area (Å²) in [4.78, 5) is 14.9. The Balaban J connectivity index is 1.30. The third kappa shape index (κ3) is 4.74. The third-order valence-corrected chi connectivity index (χ3v) is 9.96. The first kappa shape index (κ1) is 17.8. The first-order chi connectivity index (χ1) is 36.6. The summed E-state index contributed by atoms with van der Waals surface area (Å²) >= 11 is 0. The summed E-state index contributed by atoms with van der Waals surface area (Å²) in [6.07, 6.45) is 0. The number of aromatic nitrogens is 6. The summed E-state index contributed by atoms with van der Waals surface area (Å²) < 4.78 is 183. The quantitative estimate of drug-likeness (QED) is 0.176. The van der Waals surface area contributed by atoms with Crippen molar-refractivity contribution in [2.24, 2.45) is 0 Å². The van der Waals surface area contributed by atoms with Crippen molar-refractivity contribution >= 4 is 65.4 Å². The molecule has 0 bridgehead atoms. The molecule has 0 amide bonds. The van der Waals surface area contributed by atoms with Gasteiger partial charge >= 0.3 is 0 Å². The predicted octanol–water partition coefficient (Wildman–Crippen LogP) is 12.5. The van der Waals surface area contributed by atoms with Gasteiger partial charge in [-0.25, -0.2) is 4.98 Å². The lowest BCUT2D eigenvalue weighted by atomic mass is 10.1. The standard InChI is InChI=1S/C51H32N6/c1-4-16-33(17-5-1)49-52-50(34-28-29-40-37-22-10-13-25-43(37)55(46(40)32-34)35-18-6-2-7-19-35)54-51(53-49)57-45-27-15-12-24-39(45)42-31-30-41-38-23-11-14-26-44(38)56(47(41)48(42)57)36-20-8-3-9-21-36/h1-32H/i2D,3D,6D,7D,8D,9D,10D,11D,12D,14D,15D,18D,19D,20D,21D,23D,24D,26D,30D,31D. The second kappa shape index (κ2) is 12.3. The Kier molecular flexibility index (Phi) is 3.85. The molecular weight excluding hydrogens is 697 g/mol. The second-order valence-electron chi connectivity index (χ2n) is 13.0. The normalized spacial score (nSPS) is 16.8. The van der Waals surface area contributed by atoms with Crippen LogP contribution in [0.2, 0.25) is 0 Å². The average molecular weight is 749 g/mol. The molecule has 6 heteroatoms. The number of para-hydroxylation sites is 5. The lowest BCUT2D eigenvalue weighted by Crippen LogP contribution is -2.07. The Hall–Kier alpha value is -7.83. The molecule has 12 aromatic rings. The molecule has 0 radical (unpaired) electrons. The largest absolute Gasteiger partial charge is 0.309 e. The van der Waals surface area contributed by atoms with E-state index >= 15 is 0 Å². The fourth-order valence-electron chi connectivity index (χ4n) is 7.61.